The number of fused-ring (bicyclic) bond motifs is 1. The van der Waals surface area contributed by atoms with Gasteiger partial charge in [-0.1, -0.05) is 28.6 Å². The number of H-pyrrole nitrogens is 1. The van der Waals surface area contributed by atoms with Crippen LogP contribution in [0.1, 0.15) is 0 Å². The maximum Gasteiger partial charge on any atom is 0.178 e. The summed E-state index contributed by atoms with van der Waals surface area (Å²) in [5.74, 6) is 0.794. The number of nitrogens with zero attached hydrogens (tertiary/aromatic N) is 1. The van der Waals surface area contributed by atoms with Crippen LogP contribution < -0.4 is 4.74 Å². The van der Waals surface area contributed by atoms with Crippen LogP contribution in [0.25, 0.3) is 11.0 Å². The van der Waals surface area contributed by atoms with E-state index in [1.54, 1.807) is 7.11 Å². The van der Waals surface area contributed by atoms with Crippen molar-refractivity contribution in [3.63, 3.8) is 0 Å². The molecular weight excluding hydrogens is 288 g/mol. The zero-order chi connectivity index (χ0) is 11.7. The highest BCUT2D eigenvalue weighted by molar-refractivity contribution is 9.11. The maximum absolute atomic E-state index is 5.28. The van der Waals surface area contributed by atoms with Gasteiger partial charge in [-0.15, -0.1) is 0 Å². The number of rotatable bonds is 3. The Morgan fingerprint density at radius 2 is 2.38 bits per heavy atom. The Bertz CT molecular complexity index is 600. The predicted octanol–water partition coefficient (Wildman–Crippen LogP) is 3.62. The summed E-state index contributed by atoms with van der Waals surface area (Å²) in [6.45, 7) is 4.47. The van der Waals surface area contributed by atoms with E-state index in [1.165, 1.54) is 0 Å². The molecule has 0 radical (unpaired) electrons. The molecule has 2 aromatic rings. The number of nitrogens with one attached hydrogen (secondary N) is 1. The normalized spacial score (nSPS) is 10.6. The lowest BCUT2D eigenvalue weighted by Crippen LogP contribution is -1.96. The minimum Gasteiger partial charge on any atom is -0.494 e. The van der Waals surface area contributed by atoms with Crippen LogP contribution in [-0.2, 0) is 6.54 Å². The Morgan fingerprint density at radius 3 is 3.00 bits per heavy atom. The molecule has 0 atom stereocenters. The Morgan fingerprint density at radius 1 is 1.62 bits per heavy atom. The number of aromatic nitrogens is 2. The van der Waals surface area contributed by atoms with Crippen molar-refractivity contribution in [1.82, 2.24) is 9.55 Å². The number of ether oxygens (including phenoxy) is 1. The van der Waals surface area contributed by atoms with E-state index in [9.17, 15) is 0 Å². The van der Waals surface area contributed by atoms with Crippen molar-refractivity contribution < 1.29 is 4.74 Å². The molecule has 0 saturated carbocycles. The van der Waals surface area contributed by atoms with Gasteiger partial charge in [0.25, 0.3) is 0 Å². The number of methoxy groups -OCH3 is 1. The highest BCUT2D eigenvalue weighted by Gasteiger charge is 2.08. The first-order valence-corrected chi connectivity index (χ1v) is 5.92. The van der Waals surface area contributed by atoms with Crippen LogP contribution >= 0.6 is 28.1 Å². The Kier molecular flexibility index (Phi) is 3.16. The number of para-hydroxylation sites is 1. The molecule has 0 fully saturated rings. The first-order valence-electron chi connectivity index (χ1n) is 4.72. The molecule has 0 aliphatic rings. The van der Waals surface area contributed by atoms with Crippen molar-refractivity contribution in [3.8, 4) is 5.75 Å². The van der Waals surface area contributed by atoms with Crippen LogP contribution in [0.5, 0.6) is 5.75 Å². The number of allylic oxidation sites excluding steroid dienone is 1. The highest BCUT2D eigenvalue weighted by Crippen LogP contribution is 2.25. The Hall–Kier alpha value is -1.07. The lowest BCUT2D eigenvalue weighted by molar-refractivity contribution is 0.419. The molecule has 0 amide bonds. The summed E-state index contributed by atoms with van der Waals surface area (Å²) in [7, 11) is 1.65. The monoisotopic (exact) mass is 298 g/mol. The van der Waals surface area contributed by atoms with Crippen LogP contribution in [0, 0.1) is 4.77 Å². The number of benzene rings is 1. The molecule has 1 N–H and O–H groups in total. The second-order valence-electron chi connectivity index (χ2n) is 3.39. The maximum atomic E-state index is 5.28. The molecule has 84 valence electrons. The Balaban J connectivity index is 2.71. The Labute approximate surface area is 107 Å². The van der Waals surface area contributed by atoms with Gasteiger partial charge in [-0.05, 0) is 24.4 Å². The number of halogens is 1. The van der Waals surface area contributed by atoms with Gasteiger partial charge < -0.3 is 14.3 Å². The molecule has 0 unspecified atom stereocenters. The molecule has 16 heavy (non-hydrogen) atoms. The van der Waals surface area contributed by atoms with Gasteiger partial charge in [-0.3, -0.25) is 0 Å². The van der Waals surface area contributed by atoms with E-state index in [2.05, 4.69) is 27.5 Å². The van der Waals surface area contributed by atoms with Crippen molar-refractivity contribution in [1.29, 1.82) is 0 Å². The first-order chi connectivity index (χ1) is 7.63. The SMILES string of the molecule is C=C(Br)Cn1c(=S)[nH]c2c(OC)cccc21. The number of hydrogen-bond donors (Lipinski definition) is 1. The molecule has 1 aromatic carbocycles. The van der Waals surface area contributed by atoms with E-state index in [0.717, 1.165) is 21.3 Å². The van der Waals surface area contributed by atoms with Crippen molar-refractivity contribution in [2.24, 2.45) is 0 Å². The molecular formula is C11H11BrN2OS. The zero-order valence-corrected chi connectivity index (χ0v) is 11.2. The van der Waals surface area contributed by atoms with E-state index >= 15 is 0 Å². The van der Waals surface area contributed by atoms with Gasteiger partial charge in [0, 0.05) is 4.48 Å². The van der Waals surface area contributed by atoms with Crippen molar-refractivity contribution in [2.45, 2.75) is 6.54 Å². The quantitative estimate of drug-likeness (QED) is 0.877. The molecule has 0 saturated heterocycles. The van der Waals surface area contributed by atoms with Gasteiger partial charge >= 0.3 is 0 Å². The van der Waals surface area contributed by atoms with Gasteiger partial charge in [0.05, 0.1) is 19.2 Å². The summed E-state index contributed by atoms with van der Waals surface area (Å²) in [5, 5.41) is 0. The summed E-state index contributed by atoms with van der Waals surface area (Å²) in [6, 6.07) is 5.85. The molecule has 0 aliphatic heterocycles. The van der Waals surface area contributed by atoms with E-state index in [4.69, 9.17) is 17.0 Å². The smallest absolute Gasteiger partial charge is 0.178 e. The van der Waals surface area contributed by atoms with Crippen molar-refractivity contribution >= 4 is 39.2 Å². The fourth-order valence-corrected chi connectivity index (χ4v) is 2.17. The van der Waals surface area contributed by atoms with Gasteiger partial charge in [0.15, 0.2) is 4.77 Å². The molecule has 5 heteroatoms. The van der Waals surface area contributed by atoms with Crippen LogP contribution in [-0.4, -0.2) is 16.7 Å². The van der Waals surface area contributed by atoms with Gasteiger partial charge in [0.1, 0.15) is 11.3 Å². The summed E-state index contributed by atoms with van der Waals surface area (Å²) in [6.07, 6.45) is 0. The second kappa shape index (κ2) is 4.43. The second-order valence-corrected chi connectivity index (χ2v) is 4.90. The van der Waals surface area contributed by atoms with Crippen molar-refractivity contribution in [3.05, 3.63) is 34.0 Å². The average Bonchev–Trinajstić information content (AvgIpc) is 2.55. The third-order valence-electron chi connectivity index (χ3n) is 2.32. The fraction of sp³-hybridized carbons (Fsp3) is 0.182. The van der Waals surface area contributed by atoms with Crippen molar-refractivity contribution in [2.75, 3.05) is 7.11 Å². The zero-order valence-electron chi connectivity index (χ0n) is 8.79. The lowest BCUT2D eigenvalue weighted by atomic mass is 10.3. The van der Waals surface area contributed by atoms with Gasteiger partial charge in [-0.2, -0.15) is 0 Å². The summed E-state index contributed by atoms with van der Waals surface area (Å²) in [4.78, 5) is 3.14. The summed E-state index contributed by atoms with van der Waals surface area (Å²) < 4.78 is 8.80. The average molecular weight is 299 g/mol. The molecule has 0 bridgehead atoms. The third kappa shape index (κ3) is 1.92. The van der Waals surface area contributed by atoms with E-state index in [0.29, 0.717) is 11.3 Å². The molecule has 1 aromatic heterocycles. The van der Waals surface area contributed by atoms with Gasteiger partial charge in [0.2, 0.25) is 0 Å². The topological polar surface area (TPSA) is 29.9 Å². The van der Waals surface area contributed by atoms with Gasteiger partial charge in [-0.25, -0.2) is 0 Å². The van der Waals surface area contributed by atoms with E-state index < -0.39 is 0 Å². The van der Waals surface area contributed by atoms with E-state index in [1.807, 2.05) is 22.8 Å². The molecule has 0 aliphatic carbocycles. The minimum atomic E-state index is 0.645. The molecule has 3 nitrogen and oxygen atoms in total. The van der Waals surface area contributed by atoms with Crippen LogP contribution in [0.2, 0.25) is 0 Å². The summed E-state index contributed by atoms with van der Waals surface area (Å²) in [5.41, 5.74) is 1.94. The molecule has 2 rings (SSSR count). The predicted molar refractivity (Wildman–Crippen MR) is 71.7 cm³/mol. The number of imidazole rings is 1. The largest absolute Gasteiger partial charge is 0.494 e. The minimum absolute atomic E-state index is 0.645. The van der Waals surface area contributed by atoms with Crippen LogP contribution in [0.3, 0.4) is 0 Å². The summed E-state index contributed by atoms with van der Waals surface area (Å²) >= 11 is 8.61. The standard InChI is InChI=1S/C11H11BrN2OS/c1-7(12)6-14-8-4-3-5-9(15-2)10(8)13-11(14)16/h3-5H,1,6H2,2H3,(H,13,16). The first kappa shape index (κ1) is 11.4. The number of hydrogen-bond acceptors (Lipinski definition) is 2. The fourth-order valence-electron chi connectivity index (χ4n) is 1.65. The third-order valence-corrected chi connectivity index (χ3v) is 2.89. The van der Waals surface area contributed by atoms with Crippen LogP contribution in [0.15, 0.2) is 29.3 Å². The lowest BCUT2D eigenvalue weighted by Gasteiger charge is -2.04. The molecule has 1 heterocycles. The number of aromatic amines is 1. The molecule has 0 spiro atoms. The van der Waals surface area contributed by atoms with Crippen LogP contribution in [0.4, 0.5) is 0 Å². The van der Waals surface area contributed by atoms with E-state index in [-0.39, 0.29) is 0 Å². The highest BCUT2D eigenvalue weighted by atomic mass is 79.9.